The molecule has 1 heterocycles. The van der Waals surface area contributed by atoms with E-state index in [0.717, 1.165) is 5.69 Å². The summed E-state index contributed by atoms with van der Waals surface area (Å²) in [6.07, 6.45) is 3.23. The topological polar surface area (TPSA) is 59.2 Å². The third-order valence-corrected chi connectivity index (χ3v) is 2.78. The number of nitrogens with two attached hydrogens (primary N) is 1. The molecule has 2 N–H and O–H groups in total. The molecule has 0 radical (unpaired) electrons. The summed E-state index contributed by atoms with van der Waals surface area (Å²) in [6, 6.07) is 7.46. The number of nitrogens with zero attached hydrogens (tertiary/aromatic N) is 2. The fourth-order valence-corrected chi connectivity index (χ4v) is 1.80. The van der Waals surface area contributed by atoms with E-state index in [1.807, 2.05) is 6.92 Å². The highest BCUT2D eigenvalue weighted by atomic mass is 19.1. The lowest BCUT2D eigenvalue weighted by Crippen LogP contribution is -2.30. The molecule has 0 aliphatic carbocycles. The summed E-state index contributed by atoms with van der Waals surface area (Å²) in [6.45, 7) is 2.37. The van der Waals surface area contributed by atoms with E-state index in [1.54, 1.807) is 29.4 Å². The van der Waals surface area contributed by atoms with Gasteiger partial charge in [-0.1, -0.05) is 0 Å². The Morgan fingerprint density at radius 2 is 2.00 bits per heavy atom. The van der Waals surface area contributed by atoms with Crippen LogP contribution >= 0.6 is 0 Å². The lowest BCUT2D eigenvalue weighted by atomic mass is 10.1. The minimum absolute atomic E-state index is 0.0309. The van der Waals surface area contributed by atoms with Crippen molar-refractivity contribution in [1.29, 1.82) is 0 Å². The highest BCUT2D eigenvalue weighted by Gasteiger charge is 2.16. The fourth-order valence-electron chi connectivity index (χ4n) is 1.80. The Kier molecular flexibility index (Phi) is 3.75. The first-order chi connectivity index (χ1) is 9.13. The SMILES string of the molecule is CCN(C(=O)c1ccc(F)c(N)c1)c1ccncc1. The van der Waals surface area contributed by atoms with E-state index in [2.05, 4.69) is 4.98 Å². The van der Waals surface area contributed by atoms with Crippen LogP contribution in [0.2, 0.25) is 0 Å². The fraction of sp³-hybridized carbons (Fsp3) is 0.143. The number of pyridine rings is 1. The molecule has 0 saturated carbocycles. The molecule has 0 bridgehead atoms. The van der Waals surface area contributed by atoms with Crippen molar-refractivity contribution in [3.63, 3.8) is 0 Å². The van der Waals surface area contributed by atoms with Gasteiger partial charge in [0.05, 0.1) is 5.69 Å². The number of hydrogen-bond donors (Lipinski definition) is 1. The van der Waals surface area contributed by atoms with E-state index < -0.39 is 5.82 Å². The molecule has 5 heteroatoms. The van der Waals surface area contributed by atoms with Gasteiger partial charge >= 0.3 is 0 Å². The number of amides is 1. The van der Waals surface area contributed by atoms with Gasteiger partial charge in [-0.05, 0) is 37.3 Å². The maximum atomic E-state index is 13.1. The summed E-state index contributed by atoms with van der Waals surface area (Å²) in [5.41, 5.74) is 6.55. The molecule has 0 fully saturated rings. The maximum absolute atomic E-state index is 13.1. The second-order valence-corrected chi connectivity index (χ2v) is 3.99. The van der Waals surface area contributed by atoms with Crippen molar-refractivity contribution in [3.8, 4) is 0 Å². The number of nitrogen functional groups attached to an aromatic ring is 1. The number of hydrogen-bond acceptors (Lipinski definition) is 3. The van der Waals surface area contributed by atoms with Gasteiger partial charge in [-0.2, -0.15) is 0 Å². The monoisotopic (exact) mass is 259 g/mol. The standard InChI is InChI=1S/C14H14FN3O/c1-2-18(11-5-7-17-8-6-11)14(19)10-3-4-12(15)13(16)9-10/h3-9H,2,16H2,1H3. The third-order valence-electron chi connectivity index (χ3n) is 2.78. The largest absolute Gasteiger partial charge is 0.396 e. The predicted molar refractivity (Wildman–Crippen MR) is 72.4 cm³/mol. The van der Waals surface area contributed by atoms with Crippen molar-refractivity contribution < 1.29 is 9.18 Å². The van der Waals surface area contributed by atoms with Gasteiger partial charge in [0.15, 0.2) is 0 Å². The Balaban J connectivity index is 2.33. The minimum Gasteiger partial charge on any atom is -0.396 e. The number of halogens is 1. The Labute approximate surface area is 110 Å². The zero-order chi connectivity index (χ0) is 13.8. The quantitative estimate of drug-likeness (QED) is 0.861. The second kappa shape index (κ2) is 5.48. The molecule has 2 rings (SSSR count). The number of rotatable bonds is 3. The van der Waals surface area contributed by atoms with Gasteiger partial charge in [-0.15, -0.1) is 0 Å². The predicted octanol–water partition coefficient (Wildman–Crippen LogP) is 2.47. The van der Waals surface area contributed by atoms with E-state index in [9.17, 15) is 9.18 Å². The smallest absolute Gasteiger partial charge is 0.258 e. The number of anilines is 2. The summed E-state index contributed by atoms with van der Waals surface area (Å²) in [7, 11) is 0. The third kappa shape index (κ3) is 2.70. The molecule has 98 valence electrons. The van der Waals surface area contributed by atoms with Crippen LogP contribution in [0.4, 0.5) is 15.8 Å². The average molecular weight is 259 g/mol. The van der Waals surface area contributed by atoms with Crippen LogP contribution < -0.4 is 10.6 Å². The van der Waals surface area contributed by atoms with Crippen LogP contribution in [0.15, 0.2) is 42.7 Å². The van der Waals surface area contributed by atoms with Crippen molar-refractivity contribution in [2.45, 2.75) is 6.92 Å². The molecule has 0 unspecified atom stereocenters. The van der Waals surface area contributed by atoms with Crippen LogP contribution in [0.25, 0.3) is 0 Å². The van der Waals surface area contributed by atoms with Crippen molar-refractivity contribution in [2.75, 3.05) is 17.2 Å². The van der Waals surface area contributed by atoms with E-state index in [1.165, 1.54) is 18.2 Å². The molecular weight excluding hydrogens is 245 g/mol. The van der Waals surface area contributed by atoms with Gasteiger partial charge in [0.2, 0.25) is 0 Å². The Hall–Kier alpha value is -2.43. The molecule has 0 spiro atoms. The van der Waals surface area contributed by atoms with Crippen molar-refractivity contribution in [2.24, 2.45) is 0 Å². The van der Waals surface area contributed by atoms with Gasteiger partial charge in [0.1, 0.15) is 5.82 Å². The molecule has 0 atom stereocenters. The summed E-state index contributed by atoms with van der Waals surface area (Å²) < 4.78 is 13.1. The van der Waals surface area contributed by atoms with Crippen molar-refractivity contribution >= 4 is 17.3 Å². The van der Waals surface area contributed by atoms with Crippen LogP contribution in [0.1, 0.15) is 17.3 Å². The van der Waals surface area contributed by atoms with Gasteiger partial charge in [0.25, 0.3) is 5.91 Å². The number of aromatic nitrogens is 1. The second-order valence-electron chi connectivity index (χ2n) is 3.99. The Bertz CT molecular complexity index is 586. The normalized spacial score (nSPS) is 10.2. The summed E-state index contributed by atoms with van der Waals surface area (Å²) in [5, 5.41) is 0. The van der Waals surface area contributed by atoms with Crippen LogP contribution in [-0.4, -0.2) is 17.4 Å². The van der Waals surface area contributed by atoms with E-state index in [4.69, 9.17) is 5.73 Å². The van der Waals surface area contributed by atoms with Gasteiger partial charge in [0, 0.05) is 30.2 Å². The van der Waals surface area contributed by atoms with Crippen LogP contribution in [0.5, 0.6) is 0 Å². The molecule has 0 saturated heterocycles. The average Bonchev–Trinajstić information content (AvgIpc) is 2.44. The van der Waals surface area contributed by atoms with Crippen LogP contribution in [0.3, 0.4) is 0 Å². The first-order valence-corrected chi connectivity index (χ1v) is 5.90. The number of carbonyl (C=O) groups is 1. The van der Waals surface area contributed by atoms with Gasteiger partial charge in [-0.3, -0.25) is 9.78 Å². The molecule has 0 aliphatic heterocycles. The van der Waals surface area contributed by atoms with Crippen LogP contribution in [-0.2, 0) is 0 Å². The van der Waals surface area contributed by atoms with Gasteiger partial charge in [-0.25, -0.2) is 4.39 Å². The Morgan fingerprint density at radius 3 is 2.58 bits per heavy atom. The highest BCUT2D eigenvalue weighted by molar-refractivity contribution is 6.06. The molecule has 4 nitrogen and oxygen atoms in total. The van der Waals surface area contributed by atoms with Crippen molar-refractivity contribution in [1.82, 2.24) is 4.98 Å². The minimum atomic E-state index is -0.525. The molecule has 1 aromatic heterocycles. The van der Waals surface area contributed by atoms with Crippen LogP contribution in [0, 0.1) is 5.82 Å². The number of benzene rings is 1. The van der Waals surface area contributed by atoms with E-state index in [-0.39, 0.29) is 11.6 Å². The molecule has 0 aliphatic rings. The number of carbonyl (C=O) groups excluding carboxylic acids is 1. The first-order valence-electron chi connectivity index (χ1n) is 5.90. The lowest BCUT2D eigenvalue weighted by molar-refractivity contribution is 0.0988. The first kappa shape index (κ1) is 13.0. The van der Waals surface area contributed by atoms with Crippen molar-refractivity contribution in [3.05, 3.63) is 54.1 Å². The zero-order valence-corrected chi connectivity index (χ0v) is 10.5. The lowest BCUT2D eigenvalue weighted by Gasteiger charge is -2.21. The summed E-state index contributed by atoms with van der Waals surface area (Å²) in [4.78, 5) is 17.9. The molecule has 1 aromatic carbocycles. The summed E-state index contributed by atoms with van der Waals surface area (Å²) >= 11 is 0. The highest BCUT2D eigenvalue weighted by Crippen LogP contribution is 2.18. The molecule has 1 amide bonds. The molecular formula is C14H14FN3O. The Morgan fingerprint density at radius 1 is 1.32 bits per heavy atom. The van der Waals surface area contributed by atoms with Gasteiger partial charge < -0.3 is 10.6 Å². The zero-order valence-electron chi connectivity index (χ0n) is 10.5. The van der Waals surface area contributed by atoms with E-state index in [0.29, 0.717) is 12.1 Å². The van der Waals surface area contributed by atoms with E-state index >= 15 is 0 Å². The maximum Gasteiger partial charge on any atom is 0.258 e. The molecule has 19 heavy (non-hydrogen) atoms. The molecule has 2 aromatic rings. The summed E-state index contributed by atoms with van der Waals surface area (Å²) in [5.74, 6) is -0.746.